The maximum atomic E-state index is 14.8. The lowest BCUT2D eigenvalue weighted by Crippen LogP contribution is -2.33. The Labute approximate surface area is 147 Å². The molecule has 128 valence electrons. The standard InChI is InChI=1S/C21H22F2N2/c1-13-8-6-10-24(4)20(13)18-15(3)19(17(23)12-16(18)22)21-14(2)9-7-11-25(21)5/h6-12H,1-5H3/q+2. The Morgan fingerprint density at radius 2 is 1.12 bits per heavy atom. The predicted octanol–water partition coefficient (Wildman–Crippen LogP) is 3.87. The van der Waals surface area contributed by atoms with Crippen molar-refractivity contribution < 1.29 is 17.9 Å². The molecule has 0 amide bonds. The zero-order chi connectivity index (χ0) is 18.3. The van der Waals surface area contributed by atoms with Gasteiger partial charge in [-0.3, -0.25) is 0 Å². The largest absolute Gasteiger partial charge is 0.218 e. The highest BCUT2D eigenvalue weighted by atomic mass is 19.1. The van der Waals surface area contributed by atoms with Crippen molar-refractivity contribution in [3.8, 4) is 22.5 Å². The van der Waals surface area contributed by atoms with E-state index in [2.05, 4.69) is 0 Å². The van der Waals surface area contributed by atoms with Gasteiger partial charge in [0.05, 0.1) is 11.1 Å². The molecule has 25 heavy (non-hydrogen) atoms. The lowest BCUT2D eigenvalue weighted by atomic mass is 9.92. The number of benzene rings is 1. The minimum atomic E-state index is -0.542. The second-order valence-electron chi connectivity index (χ2n) is 6.52. The van der Waals surface area contributed by atoms with Gasteiger partial charge in [0, 0.05) is 29.3 Å². The zero-order valence-electron chi connectivity index (χ0n) is 15.2. The summed E-state index contributed by atoms with van der Waals surface area (Å²) in [6.07, 6.45) is 3.75. The minimum absolute atomic E-state index is 0.445. The average molecular weight is 340 g/mol. The van der Waals surface area contributed by atoms with Crippen LogP contribution < -0.4 is 9.13 Å². The van der Waals surface area contributed by atoms with E-state index in [1.165, 1.54) is 0 Å². The van der Waals surface area contributed by atoms with Crippen LogP contribution in [0.15, 0.2) is 42.7 Å². The maximum Gasteiger partial charge on any atom is 0.218 e. The molecule has 0 bridgehead atoms. The normalized spacial score (nSPS) is 11.0. The Morgan fingerprint density at radius 3 is 1.48 bits per heavy atom. The first-order valence-corrected chi connectivity index (χ1v) is 8.22. The lowest BCUT2D eigenvalue weighted by molar-refractivity contribution is -0.661. The van der Waals surface area contributed by atoms with E-state index in [0.29, 0.717) is 16.7 Å². The molecular formula is C21H22F2N2+2. The molecule has 2 nitrogen and oxygen atoms in total. The van der Waals surface area contributed by atoms with Gasteiger partial charge >= 0.3 is 0 Å². The monoisotopic (exact) mass is 340 g/mol. The summed E-state index contributed by atoms with van der Waals surface area (Å²) in [7, 11) is 3.75. The Morgan fingerprint density at radius 1 is 0.720 bits per heavy atom. The molecule has 0 N–H and O–H groups in total. The van der Waals surface area contributed by atoms with Gasteiger partial charge in [-0.25, -0.2) is 17.9 Å². The molecule has 0 saturated carbocycles. The Hall–Kier alpha value is -2.62. The fourth-order valence-corrected chi connectivity index (χ4v) is 3.56. The van der Waals surface area contributed by atoms with Crippen molar-refractivity contribution >= 4 is 0 Å². The maximum absolute atomic E-state index is 14.8. The third-order valence-corrected chi connectivity index (χ3v) is 4.72. The summed E-state index contributed by atoms with van der Waals surface area (Å²) in [6, 6.07) is 8.70. The molecule has 4 heteroatoms. The molecule has 0 saturated heterocycles. The number of rotatable bonds is 2. The van der Waals surface area contributed by atoms with Crippen LogP contribution in [0.5, 0.6) is 0 Å². The van der Waals surface area contributed by atoms with Crippen molar-refractivity contribution in [3.05, 3.63) is 71.1 Å². The van der Waals surface area contributed by atoms with E-state index in [4.69, 9.17) is 0 Å². The summed E-state index contributed by atoms with van der Waals surface area (Å²) in [6.45, 7) is 5.66. The van der Waals surface area contributed by atoms with E-state index in [1.54, 1.807) is 6.92 Å². The van der Waals surface area contributed by atoms with Gasteiger partial charge in [0.1, 0.15) is 25.7 Å². The average Bonchev–Trinajstić information content (AvgIpc) is 2.52. The molecule has 0 aliphatic heterocycles. The Bertz CT molecular complexity index is 862. The molecule has 3 aromatic rings. The minimum Gasteiger partial charge on any atom is -0.206 e. The van der Waals surface area contributed by atoms with Crippen LogP contribution in [0.2, 0.25) is 0 Å². The molecular weight excluding hydrogens is 318 g/mol. The van der Waals surface area contributed by atoms with E-state index >= 15 is 0 Å². The van der Waals surface area contributed by atoms with Crippen LogP contribution >= 0.6 is 0 Å². The SMILES string of the molecule is Cc1ccc[n+](C)c1-c1c(F)cc(F)c(-c2c(C)ccc[n+]2C)c1C. The first kappa shape index (κ1) is 17.2. The number of aromatic nitrogens is 2. The van der Waals surface area contributed by atoms with Gasteiger partial charge < -0.3 is 0 Å². The van der Waals surface area contributed by atoms with Crippen LogP contribution in [0.4, 0.5) is 8.78 Å². The van der Waals surface area contributed by atoms with Gasteiger partial charge in [-0.15, -0.1) is 0 Å². The molecule has 0 atom stereocenters. The molecule has 3 rings (SSSR count). The van der Waals surface area contributed by atoms with Crippen LogP contribution in [0.25, 0.3) is 22.5 Å². The van der Waals surface area contributed by atoms with E-state index in [-0.39, 0.29) is 0 Å². The molecule has 0 aliphatic carbocycles. The van der Waals surface area contributed by atoms with Gasteiger partial charge in [0.25, 0.3) is 0 Å². The van der Waals surface area contributed by atoms with Crippen molar-refractivity contribution in [1.29, 1.82) is 0 Å². The topological polar surface area (TPSA) is 7.76 Å². The van der Waals surface area contributed by atoms with Crippen LogP contribution in [0, 0.1) is 32.4 Å². The second kappa shape index (κ2) is 6.36. The van der Waals surface area contributed by atoms with Crippen LogP contribution in [0.3, 0.4) is 0 Å². The quantitative estimate of drug-likeness (QED) is 0.626. The molecule has 0 unspecified atom stereocenters. The van der Waals surface area contributed by atoms with Crippen molar-refractivity contribution in [1.82, 2.24) is 0 Å². The second-order valence-corrected chi connectivity index (χ2v) is 6.52. The summed E-state index contributed by atoms with van der Waals surface area (Å²) in [5.74, 6) is -1.08. The lowest BCUT2D eigenvalue weighted by Gasteiger charge is -2.14. The molecule has 2 aromatic heterocycles. The fraction of sp³-hybridized carbons (Fsp3) is 0.238. The highest BCUT2D eigenvalue weighted by Crippen LogP contribution is 2.35. The van der Waals surface area contributed by atoms with Gasteiger partial charge in [-0.1, -0.05) is 0 Å². The smallest absolute Gasteiger partial charge is 0.206 e. The van der Waals surface area contributed by atoms with Crippen molar-refractivity contribution in [2.24, 2.45) is 14.1 Å². The van der Waals surface area contributed by atoms with E-state index in [9.17, 15) is 8.78 Å². The van der Waals surface area contributed by atoms with Gasteiger partial charge in [0.15, 0.2) is 12.4 Å². The van der Waals surface area contributed by atoms with Crippen molar-refractivity contribution in [2.75, 3.05) is 0 Å². The van der Waals surface area contributed by atoms with Gasteiger partial charge in [-0.2, -0.15) is 0 Å². The zero-order valence-corrected chi connectivity index (χ0v) is 15.2. The van der Waals surface area contributed by atoms with Crippen molar-refractivity contribution in [2.45, 2.75) is 20.8 Å². The first-order valence-electron chi connectivity index (χ1n) is 8.22. The number of pyridine rings is 2. The first-order chi connectivity index (χ1) is 11.8. The molecule has 1 aromatic carbocycles. The Balaban J connectivity index is 2.42. The van der Waals surface area contributed by atoms with Crippen molar-refractivity contribution in [3.63, 3.8) is 0 Å². The highest BCUT2D eigenvalue weighted by molar-refractivity contribution is 5.76. The summed E-state index contributed by atoms with van der Waals surface area (Å²) in [5, 5.41) is 0. The third-order valence-electron chi connectivity index (χ3n) is 4.72. The summed E-state index contributed by atoms with van der Waals surface area (Å²) in [5.41, 5.74) is 4.90. The molecule has 0 spiro atoms. The summed E-state index contributed by atoms with van der Waals surface area (Å²) in [4.78, 5) is 0. The highest BCUT2D eigenvalue weighted by Gasteiger charge is 2.28. The predicted molar refractivity (Wildman–Crippen MR) is 93.8 cm³/mol. The van der Waals surface area contributed by atoms with E-state index in [0.717, 1.165) is 28.6 Å². The molecule has 0 radical (unpaired) electrons. The van der Waals surface area contributed by atoms with Gasteiger partial charge in [-0.05, 0) is 38.5 Å². The number of halogens is 2. The Kier molecular flexibility index (Phi) is 4.38. The summed E-state index contributed by atoms with van der Waals surface area (Å²) < 4.78 is 33.3. The number of hydrogen-bond acceptors (Lipinski definition) is 0. The van der Waals surface area contributed by atoms with Gasteiger partial charge in [0.2, 0.25) is 11.4 Å². The van der Waals surface area contributed by atoms with Crippen LogP contribution in [-0.4, -0.2) is 0 Å². The van der Waals surface area contributed by atoms with Crippen LogP contribution in [0.1, 0.15) is 16.7 Å². The fourth-order valence-electron chi connectivity index (χ4n) is 3.56. The molecule has 2 heterocycles. The summed E-state index contributed by atoms with van der Waals surface area (Å²) >= 11 is 0. The van der Waals surface area contributed by atoms with Crippen LogP contribution in [-0.2, 0) is 14.1 Å². The number of aryl methyl sites for hydroxylation is 4. The third kappa shape index (κ3) is 2.82. The van der Waals surface area contributed by atoms with E-state index < -0.39 is 11.6 Å². The van der Waals surface area contributed by atoms with E-state index in [1.807, 2.05) is 73.7 Å². The number of hydrogen-bond donors (Lipinski definition) is 0. The molecule has 0 aliphatic rings. The molecule has 0 fully saturated rings. The number of nitrogens with zero attached hydrogens (tertiary/aromatic N) is 2.